The van der Waals surface area contributed by atoms with Gasteiger partial charge in [-0.05, 0) is 75.7 Å². The number of rotatable bonds is 12. The normalized spacial score (nSPS) is 16.4. The summed E-state index contributed by atoms with van der Waals surface area (Å²) in [6.07, 6.45) is 4.95. The van der Waals surface area contributed by atoms with Crippen LogP contribution in [0.25, 0.3) is 43.5 Å². The molecule has 10 rings (SSSR count). The van der Waals surface area contributed by atoms with Crippen LogP contribution >= 0.6 is 0 Å². The van der Waals surface area contributed by atoms with Crippen LogP contribution in [0.5, 0.6) is 11.5 Å². The van der Waals surface area contributed by atoms with Gasteiger partial charge in [0.25, 0.3) is 0 Å². The predicted molar refractivity (Wildman–Crippen MR) is 260 cm³/mol. The molecule has 15 heteroatoms. The fourth-order valence-electron chi connectivity index (χ4n) is 10.7. The van der Waals surface area contributed by atoms with E-state index < -0.39 is 30.0 Å². The lowest BCUT2D eigenvalue weighted by Crippen LogP contribution is -2.47. The number of nitrogens with zero attached hydrogens (tertiary/aromatic N) is 6. The number of aromatic nitrogens is 2. The van der Waals surface area contributed by atoms with Crippen molar-refractivity contribution < 1.29 is 42.5 Å². The Morgan fingerprint density at radius 1 is 0.681 bits per heavy atom. The van der Waals surface area contributed by atoms with Gasteiger partial charge in [-0.2, -0.15) is 4.39 Å². The molecular formula is C54H55FN6O8. The van der Waals surface area contributed by atoms with Gasteiger partial charge in [0.2, 0.25) is 5.95 Å². The Bertz CT molecular complexity index is 3250. The molecule has 2 unspecified atom stereocenters. The number of carbonyl (C=O) groups is 2. The van der Waals surface area contributed by atoms with Crippen LogP contribution in [-0.2, 0) is 16.0 Å². The number of aryl methyl sites for hydroxylation is 2. The smallest absolute Gasteiger partial charge is 0.342 e. The summed E-state index contributed by atoms with van der Waals surface area (Å²) in [7, 11) is 2.06. The molecule has 0 spiro atoms. The van der Waals surface area contributed by atoms with Gasteiger partial charge in [-0.1, -0.05) is 42.5 Å². The Labute approximate surface area is 398 Å². The Kier molecular flexibility index (Phi) is 12.5. The van der Waals surface area contributed by atoms with Crippen LogP contribution in [0.3, 0.4) is 0 Å². The summed E-state index contributed by atoms with van der Waals surface area (Å²) in [5, 5.41) is 28.5. The number of halogens is 1. The number of pyridine rings is 2. The molecule has 4 aromatic carbocycles. The van der Waals surface area contributed by atoms with Crippen molar-refractivity contribution in [1.82, 2.24) is 29.6 Å². The molecule has 2 aliphatic heterocycles. The van der Waals surface area contributed by atoms with Gasteiger partial charge >= 0.3 is 11.9 Å². The number of benzene rings is 4. The summed E-state index contributed by atoms with van der Waals surface area (Å²) < 4.78 is 39.0. The van der Waals surface area contributed by atoms with Gasteiger partial charge in [-0.15, -0.1) is 0 Å². The van der Waals surface area contributed by atoms with Crippen molar-refractivity contribution in [2.75, 3.05) is 72.6 Å². The maximum Gasteiger partial charge on any atom is 0.342 e. The number of hydrogen-bond donors (Lipinski definition) is 2. The topological polar surface area (TPSA) is 158 Å². The molecule has 0 radical (unpaired) electrons. The monoisotopic (exact) mass is 934 g/mol. The molecule has 2 aliphatic rings. The molecule has 8 aromatic rings. The zero-order chi connectivity index (χ0) is 48.1. The highest BCUT2D eigenvalue weighted by Gasteiger charge is 2.37. The van der Waals surface area contributed by atoms with E-state index in [2.05, 4.69) is 36.6 Å². The van der Waals surface area contributed by atoms with Crippen LogP contribution < -0.4 is 0 Å². The molecule has 2 N–H and O–H groups in total. The Hall–Kier alpha value is -6.91. The van der Waals surface area contributed by atoms with E-state index in [1.807, 2.05) is 54.6 Å². The van der Waals surface area contributed by atoms with Crippen LogP contribution in [0.1, 0.15) is 86.0 Å². The molecule has 4 aromatic heterocycles. The van der Waals surface area contributed by atoms with Gasteiger partial charge in [-0.25, -0.2) is 14.6 Å². The summed E-state index contributed by atoms with van der Waals surface area (Å²) in [6, 6.07) is 19.3. The van der Waals surface area contributed by atoms with E-state index in [1.54, 1.807) is 46.2 Å². The zero-order valence-electron chi connectivity index (χ0n) is 39.4. The van der Waals surface area contributed by atoms with Gasteiger partial charge in [0.1, 0.15) is 45.3 Å². The van der Waals surface area contributed by atoms with Crippen LogP contribution in [-0.4, -0.2) is 124 Å². The molecule has 356 valence electrons. The first-order valence-electron chi connectivity index (χ1n) is 23.6. The Balaban J connectivity index is 1.03. The van der Waals surface area contributed by atoms with Crippen LogP contribution in [0.2, 0.25) is 0 Å². The molecule has 0 amide bonds. The van der Waals surface area contributed by atoms with Crippen molar-refractivity contribution in [3.8, 4) is 11.5 Å². The van der Waals surface area contributed by atoms with Gasteiger partial charge in [0.05, 0.1) is 25.3 Å². The lowest BCUT2D eigenvalue weighted by atomic mass is 9.88. The van der Waals surface area contributed by atoms with E-state index in [9.17, 15) is 19.8 Å². The molecule has 14 nitrogen and oxygen atoms in total. The SMILES string of the molecule is CCOC(=O)c1c(C)oc2c1c(C(c1ccnc(F)c1)N1CCN(C)CC1)c(O)c1cc(CN3CCN(C(c4cccnc4)c4c(O)c5ccccc5c5oc(C)c(C(=O)OCC)c45)CC3)ccc12. The van der Waals surface area contributed by atoms with Crippen molar-refractivity contribution in [1.29, 1.82) is 0 Å². The van der Waals surface area contributed by atoms with E-state index in [4.69, 9.17) is 18.3 Å². The van der Waals surface area contributed by atoms with Crippen molar-refractivity contribution in [2.24, 2.45) is 0 Å². The molecule has 2 fully saturated rings. The summed E-state index contributed by atoms with van der Waals surface area (Å²) in [5.41, 5.74) is 4.87. The maximum absolute atomic E-state index is 15.0. The summed E-state index contributed by atoms with van der Waals surface area (Å²) >= 11 is 0. The van der Waals surface area contributed by atoms with Gasteiger partial charge in [-0.3, -0.25) is 19.7 Å². The Morgan fingerprint density at radius 2 is 1.25 bits per heavy atom. The second kappa shape index (κ2) is 18.9. The van der Waals surface area contributed by atoms with Crippen LogP contribution in [0.4, 0.5) is 4.39 Å². The highest BCUT2D eigenvalue weighted by atomic mass is 19.1. The van der Waals surface area contributed by atoms with E-state index in [0.717, 1.165) is 24.2 Å². The second-order valence-corrected chi connectivity index (χ2v) is 18.0. The average molecular weight is 935 g/mol. The highest BCUT2D eigenvalue weighted by Crippen LogP contribution is 2.50. The van der Waals surface area contributed by atoms with Crippen molar-refractivity contribution in [3.05, 3.63) is 142 Å². The molecule has 69 heavy (non-hydrogen) atoms. The fourth-order valence-corrected chi connectivity index (χ4v) is 10.7. The Morgan fingerprint density at radius 3 is 1.83 bits per heavy atom. The number of esters is 2. The number of likely N-dealkylation sites (N-methyl/N-ethyl adjacent to an activating group) is 1. The van der Waals surface area contributed by atoms with E-state index in [1.165, 1.54) is 12.3 Å². The number of fused-ring (bicyclic) bond motifs is 6. The minimum Gasteiger partial charge on any atom is -0.507 e. The number of ether oxygens (including phenoxy) is 2. The third kappa shape index (κ3) is 8.22. The molecular weight excluding hydrogens is 880 g/mol. The molecule has 0 bridgehead atoms. The number of aromatic hydroxyl groups is 2. The third-order valence-electron chi connectivity index (χ3n) is 13.9. The highest BCUT2D eigenvalue weighted by molar-refractivity contribution is 6.18. The first-order valence-corrected chi connectivity index (χ1v) is 23.6. The molecule has 0 saturated carbocycles. The minimum atomic E-state index is -0.652. The fraction of sp³-hybridized carbons (Fsp3) is 0.333. The van der Waals surface area contributed by atoms with Gasteiger partial charge < -0.3 is 33.4 Å². The number of phenols is 2. The number of carbonyl (C=O) groups excluding carboxylic acids is 2. The van der Waals surface area contributed by atoms with Crippen LogP contribution in [0, 0.1) is 19.8 Å². The second-order valence-electron chi connectivity index (χ2n) is 18.0. The number of hydrogen-bond acceptors (Lipinski definition) is 14. The average Bonchev–Trinajstić information content (AvgIpc) is 3.89. The minimum absolute atomic E-state index is 0.0193. The number of phenolic OH excluding ortho intramolecular Hbond substituents is 2. The summed E-state index contributed by atoms with van der Waals surface area (Å²) in [6.45, 7) is 13.1. The number of piperazine rings is 2. The standard InChI is InChI=1S/C54H55FN6O8/c1-6-66-53(64)41-32(4)69-52-38-15-14-33(27-39(38)50(63)45(43(41)52)47(34-16-18-57-40(55)28-34)60-23-19-58(5)20-24-60)30-59-21-25-61(26-22-59)48(35-11-10-17-56-29-35)46-44-42(54(65)67-7-2)31(3)68-51(44)37-13-9-8-12-36(37)49(46)62/h8-18,27-29,47-48,62-63H,6-7,19-26,30H2,1-5H3. The molecule has 6 heterocycles. The number of furan rings is 2. The molecule has 2 atom stereocenters. The first-order chi connectivity index (χ1) is 33.5. The lowest BCUT2D eigenvalue weighted by Gasteiger charge is -2.40. The van der Waals surface area contributed by atoms with E-state index in [0.29, 0.717) is 123 Å². The summed E-state index contributed by atoms with van der Waals surface area (Å²) in [4.78, 5) is 44.9. The maximum atomic E-state index is 15.0. The lowest BCUT2D eigenvalue weighted by molar-refractivity contribution is 0.0516. The van der Waals surface area contributed by atoms with Gasteiger partial charge in [0, 0.05) is 121 Å². The van der Waals surface area contributed by atoms with E-state index >= 15 is 4.39 Å². The summed E-state index contributed by atoms with van der Waals surface area (Å²) in [5.74, 6) is -0.911. The van der Waals surface area contributed by atoms with Gasteiger partial charge in [0.15, 0.2) is 0 Å². The van der Waals surface area contributed by atoms with Crippen molar-refractivity contribution in [3.63, 3.8) is 0 Å². The van der Waals surface area contributed by atoms with E-state index in [-0.39, 0.29) is 30.3 Å². The van der Waals surface area contributed by atoms with Crippen LogP contribution in [0.15, 0.2) is 94.2 Å². The zero-order valence-corrected chi connectivity index (χ0v) is 39.4. The predicted octanol–water partition coefficient (Wildman–Crippen LogP) is 9.04. The third-order valence-corrected chi connectivity index (χ3v) is 13.9. The van der Waals surface area contributed by atoms with Crippen molar-refractivity contribution in [2.45, 2.75) is 46.3 Å². The first kappa shape index (κ1) is 45.9. The van der Waals surface area contributed by atoms with Crippen molar-refractivity contribution >= 4 is 55.4 Å². The molecule has 0 aliphatic carbocycles. The quantitative estimate of drug-likeness (QED) is 0.0883. The molecule has 2 saturated heterocycles. The largest absolute Gasteiger partial charge is 0.507 e.